The van der Waals surface area contributed by atoms with E-state index in [1.807, 2.05) is 0 Å². The van der Waals surface area contributed by atoms with Gasteiger partial charge in [0.15, 0.2) is 0 Å². The van der Waals surface area contributed by atoms with Crippen molar-refractivity contribution in [3.8, 4) is 0 Å². The Balaban J connectivity index is -0.0000000675. The van der Waals surface area contributed by atoms with E-state index in [0.717, 1.165) is 0 Å². The Hall–Kier alpha value is 0.680. The molecule has 0 amide bonds. The molecular weight excluding hydrogens is 253 g/mol. The van der Waals surface area contributed by atoms with Crippen molar-refractivity contribution in [2.45, 2.75) is 60.1 Å². The van der Waals surface area contributed by atoms with Crippen LogP contribution in [0.2, 0.25) is 30.4 Å². The summed E-state index contributed by atoms with van der Waals surface area (Å²) in [4.78, 5) is 0. The molecule has 0 aromatic rings. The molecule has 0 unspecified atom stereocenters. The van der Waals surface area contributed by atoms with E-state index in [2.05, 4.69) is 30.4 Å². The molecule has 0 spiro atoms. The molecule has 4 heteroatoms. The summed E-state index contributed by atoms with van der Waals surface area (Å²) >= 11 is -1.83. The third-order valence-corrected chi connectivity index (χ3v) is 10.1. The van der Waals surface area contributed by atoms with Crippen LogP contribution in [-0.4, -0.2) is 29.3 Å². The second kappa shape index (κ2) is 10.2. The molecule has 0 bridgehead atoms. The third kappa shape index (κ3) is 18.5. The standard InChI is InChI=1S/C6H18GeO2Si.4CH4/c1-7(2,3)9-10(5,6)8-4;;;;/h1-6H3;4*1H4. The molecule has 0 aromatic heterocycles. The maximum absolute atomic E-state index is 5.88. The van der Waals surface area contributed by atoms with E-state index in [1.165, 1.54) is 0 Å². The maximum atomic E-state index is 5.88. The number of rotatable bonds is 3. The van der Waals surface area contributed by atoms with Gasteiger partial charge in [-0.15, -0.1) is 0 Å². The van der Waals surface area contributed by atoms with Crippen molar-refractivity contribution in [1.82, 2.24) is 0 Å². The van der Waals surface area contributed by atoms with E-state index >= 15 is 0 Å². The average Bonchev–Trinajstić information content (AvgIpc) is 1.60. The SMILES string of the molecule is C.C.C.C.CO[Si](C)(C)[O][Ge]([CH3])([CH3])[CH3]. The molecule has 0 radical (unpaired) electrons. The van der Waals surface area contributed by atoms with Crippen LogP contribution in [0, 0.1) is 0 Å². The van der Waals surface area contributed by atoms with E-state index in [9.17, 15) is 0 Å². The predicted octanol–water partition coefficient (Wildman–Crippen LogP) is 4.73. The first-order chi connectivity index (χ1) is 4.27. The predicted molar refractivity (Wildman–Crippen MR) is 75.8 cm³/mol. The van der Waals surface area contributed by atoms with Crippen LogP contribution in [0.1, 0.15) is 29.7 Å². The summed E-state index contributed by atoms with van der Waals surface area (Å²) in [6.45, 7) is 4.17. The zero-order valence-electron chi connectivity index (χ0n) is 7.82. The van der Waals surface area contributed by atoms with Crippen LogP contribution in [0.15, 0.2) is 0 Å². The normalized spacial score (nSPS) is 9.86. The summed E-state index contributed by atoms with van der Waals surface area (Å²) in [5, 5.41) is 0. The summed E-state index contributed by atoms with van der Waals surface area (Å²) in [5.74, 6) is 6.69. The van der Waals surface area contributed by atoms with Crippen molar-refractivity contribution in [3.63, 3.8) is 0 Å². The van der Waals surface area contributed by atoms with Gasteiger partial charge in [0.05, 0.1) is 0 Å². The van der Waals surface area contributed by atoms with Crippen LogP contribution in [0.25, 0.3) is 0 Å². The van der Waals surface area contributed by atoms with Gasteiger partial charge < -0.3 is 0 Å². The van der Waals surface area contributed by atoms with Gasteiger partial charge in [-0.25, -0.2) is 0 Å². The molecule has 0 aliphatic rings. The van der Waals surface area contributed by atoms with E-state index in [1.54, 1.807) is 7.11 Å². The Labute approximate surface area is 97.3 Å². The van der Waals surface area contributed by atoms with Crippen molar-refractivity contribution in [2.75, 3.05) is 7.11 Å². The molecule has 0 rings (SSSR count). The molecule has 0 fully saturated rings. The molecule has 0 aromatic carbocycles. The van der Waals surface area contributed by atoms with Gasteiger partial charge in [0, 0.05) is 0 Å². The Morgan fingerprint density at radius 2 is 1.14 bits per heavy atom. The Kier molecular flexibility index (Phi) is 21.4. The second-order valence-corrected chi connectivity index (χ2v) is 17.4. The molecule has 0 saturated heterocycles. The van der Waals surface area contributed by atoms with Crippen molar-refractivity contribution in [1.29, 1.82) is 0 Å². The summed E-state index contributed by atoms with van der Waals surface area (Å²) in [7, 11) is 0.00695. The zero-order valence-corrected chi connectivity index (χ0v) is 10.9. The molecule has 2 nitrogen and oxygen atoms in total. The second-order valence-electron chi connectivity index (χ2n) is 3.82. The summed E-state index contributed by atoms with van der Waals surface area (Å²) in [6, 6.07) is 0. The fourth-order valence-electron chi connectivity index (χ4n) is 0.779. The minimum atomic E-state index is -1.83. The van der Waals surface area contributed by atoms with Crippen LogP contribution >= 0.6 is 0 Å². The Bertz CT molecular complexity index is 111. The first-order valence-electron chi connectivity index (χ1n) is 3.52. The molecular formula is C10H34GeO2Si. The quantitative estimate of drug-likeness (QED) is 0.698. The Morgan fingerprint density at radius 3 is 1.21 bits per heavy atom. The van der Waals surface area contributed by atoms with E-state index in [0.29, 0.717) is 0 Å². The first kappa shape index (κ1) is 29.3. The topological polar surface area (TPSA) is 18.5 Å². The minimum absolute atomic E-state index is 0. The van der Waals surface area contributed by atoms with E-state index < -0.39 is 22.2 Å². The molecule has 0 atom stereocenters. The van der Waals surface area contributed by atoms with Gasteiger partial charge in [0.25, 0.3) is 0 Å². The summed E-state index contributed by atoms with van der Waals surface area (Å²) in [6.07, 6.45) is 0. The van der Waals surface area contributed by atoms with Crippen LogP contribution in [0.5, 0.6) is 0 Å². The summed E-state index contributed by atoms with van der Waals surface area (Å²) in [5.41, 5.74) is 0. The van der Waals surface area contributed by atoms with Gasteiger partial charge in [0.2, 0.25) is 0 Å². The van der Waals surface area contributed by atoms with Crippen LogP contribution in [-0.2, 0) is 7.88 Å². The Morgan fingerprint density at radius 1 is 0.857 bits per heavy atom. The van der Waals surface area contributed by atoms with Gasteiger partial charge in [-0.3, -0.25) is 0 Å². The molecule has 94 valence electrons. The van der Waals surface area contributed by atoms with Crippen molar-refractivity contribution in [2.24, 2.45) is 0 Å². The van der Waals surface area contributed by atoms with Crippen LogP contribution in [0.3, 0.4) is 0 Å². The number of hydrogen-bond donors (Lipinski definition) is 0. The molecule has 14 heavy (non-hydrogen) atoms. The zero-order chi connectivity index (χ0) is 8.41. The summed E-state index contributed by atoms with van der Waals surface area (Å²) < 4.78 is 11.2. The molecule has 0 heterocycles. The first-order valence-corrected chi connectivity index (χ1v) is 13.5. The fourth-order valence-corrected chi connectivity index (χ4v) is 12.1. The van der Waals surface area contributed by atoms with Crippen LogP contribution < -0.4 is 0 Å². The fraction of sp³-hybridized carbons (Fsp3) is 1.00. The van der Waals surface area contributed by atoms with Crippen LogP contribution in [0.4, 0.5) is 0 Å². The van der Waals surface area contributed by atoms with Gasteiger partial charge in [-0.05, 0) is 0 Å². The number of hydrogen-bond acceptors (Lipinski definition) is 2. The van der Waals surface area contributed by atoms with Gasteiger partial charge in [0.1, 0.15) is 0 Å². The monoisotopic (exact) mass is 288 g/mol. The average molecular weight is 287 g/mol. The van der Waals surface area contributed by atoms with E-state index in [4.69, 9.17) is 7.88 Å². The van der Waals surface area contributed by atoms with Crippen molar-refractivity contribution in [3.05, 3.63) is 0 Å². The van der Waals surface area contributed by atoms with Gasteiger partial charge in [-0.1, -0.05) is 29.7 Å². The van der Waals surface area contributed by atoms with Crippen molar-refractivity contribution < 1.29 is 7.88 Å². The third-order valence-electron chi connectivity index (χ3n) is 1.04. The van der Waals surface area contributed by atoms with Crippen molar-refractivity contribution >= 4 is 22.2 Å². The van der Waals surface area contributed by atoms with Gasteiger partial charge in [-0.2, -0.15) is 0 Å². The molecule has 0 aliphatic heterocycles. The van der Waals surface area contributed by atoms with Gasteiger partial charge >= 0.3 is 67.5 Å². The molecule has 0 N–H and O–H groups in total. The molecule has 0 saturated carbocycles. The molecule has 0 aliphatic carbocycles. The van der Waals surface area contributed by atoms with E-state index in [-0.39, 0.29) is 29.7 Å².